The molecule has 0 aliphatic heterocycles. The van der Waals surface area contributed by atoms with Crippen molar-refractivity contribution in [3.63, 3.8) is 0 Å². The van der Waals surface area contributed by atoms with E-state index in [1.807, 2.05) is 6.92 Å². The van der Waals surface area contributed by atoms with E-state index in [0.717, 1.165) is 22.9 Å². The van der Waals surface area contributed by atoms with Crippen molar-refractivity contribution in [2.75, 3.05) is 6.54 Å². The molecule has 1 aromatic rings. The number of nitrogens with two attached hydrogens (primary N) is 1. The van der Waals surface area contributed by atoms with Crippen molar-refractivity contribution < 1.29 is 0 Å². The van der Waals surface area contributed by atoms with E-state index in [2.05, 4.69) is 57.1 Å². The molecule has 3 nitrogen and oxygen atoms in total. The lowest BCUT2D eigenvalue weighted by molar-refractivity contribution is 0.323. The number of nitrogens with zero attached hydrogens (tertiary/aromatic N) is 1. The summed E-state index contributed by atoms with van der Waals surface area (Å²) in [6, 6.07) is 9.01. The number of rotatable bonds is 4. The van der Waals surface area contributed by atoms with Crippen molar-refractivity contribution in [2.24, 2.45) is 10.7 Å². The van der Waals surface area contributed by atoms with Gasteiger partial charge in [-0.15, -0.1) is 24.0 Å². The topological polar surface area (TPSA) is 50.4 Å². The molecule has 1 aliphatic rings. The van der Waals surface area contributed by atoms with Crippen molar-refractivity contribution in [3.8, 4) is 0 Å². The zero-order valence-electron chi connectivity index (χ0n) is 11.6. The molecule has 110 valence electrons. The molecule has 0 aromatic heterocycles. The molecule has 0 heterocycles. The highest BCUT2D eigenvalue weighted by Crippen LogP contribution is 2.37. The highest BCUT2D eigenvalue weighted by Gasteiger charge is 2.30. The molecule has 0 spiro atoms. The fraction of sp³-hybridized carbons (Fsp3) is 0.400. The average Bonchev–Trinajstić information content (AvgIpc) is 2.32. The van der Waals surface area contributed by atoms with Crippen LogP contribution in [0.1, 0.15) is 31.2 Å². The number of guanidine groups is 1. The van der Waals surface area contributed by atoms with Crippen molar-refractivity contribution in [3.05, 3.63) is 46.5 Å². The maximum absolute atomic E-state index is 5.83. The Morgan fingerprint density at radius 3 is 2.55 bits per heavy atom. The molecule has 0 unspecified atom stereocenters. The maximum atomic E-state index is 5.83. The van der Waals surface area contributed by atoms with Gasteiger partial charge in [0.2, 0.25) is 0 Å². The number of nitrogens with one attached hydrogen (secondary N) is 1. The normalized spacial score (nSPS) is 21.6. The Morgan fingerprint density at radius 1 is 1.40 bits per heavy atom. The van der Waals surface area contributed by atoms with Gasteiger partial charge in [-0.3, -0.25) is 0 Å². The molecule has 0 radical (unpaired) electrons. The van der Waals surface area contributed by atoms with Gasteiger partial charge in [0.1, 0.15) is 0 Å². The molecule has 0 bridgehead atoms. The van der Waals surface area contributed by atoms with Crippen LogP contribution in [0, 0.1) is 0 Å². The Hall–Kier alpha value is -0.560. The van der Waals surface area contributed by atoms with Crippen LogP contribution in [0.5, 0.6) is 0 Å². The molecular weight excluding hydrogens is 429 g/mol. The predicted octanol–water partition coefficient (Wildman–Crippen LogP) is 3.79. The summed E-state index contributed by atoms with van der Waals surface area (Å²) < 4.78 is 1.13. The van der Waals surface area contributed by atoms with Crippen LogP contribution in [0.2, 0.25) is 0 Å². The zero-order valence-corrected chi connectivity index (χ0v) is 15.5. The zero-order chi connectivity index (χ0) is 13.8. The SMILES string of the molecule is C=C(C)CN=C(N)NC1CC(c2ccc(Br)cc2)C1.I. The third-order valence-electron chi connectivity index (χ3n) is 3.35. The summed E-state index contributed by atoms with van der Waals surface area (Å²) in [6.07, 6.45) is 2.23. The Bertz CT molecular complexity index is 478. The summed E-state index contributed by atoms with van der Waals surface area (Å²) in [5, 5.41) is 3.26. The van der Waals surface area contributed by atoms with Gasteiger partial charge in [-0.25, -0.2) is 4.99 Å². The van der Waals surface area contributed by atoms with Gasteiger partial charge >= 0.3 is 0 Å². The summed E-state index contributed by atoms with van der Waals surface area (Å²) in [5.41, 5.74) is 8.25. The van der Waals surface area contributed by atoms with Crippen molar-refractivity contribution in [1.29, 1.82) is 0 Å². The van der Waals surface area contributed by atoms with E-state index in [0.29, 0.717) is 24.5 Å². The van der Waals surface area contributed by atoms with E-state index < -0.39 is 0 Å². The van der Waals surface area contributed by atoms with Gasteiger partial charge in [0.05, 0.1) is 6.54 Å². The van der Waals surface area contributed by atoms with E-state index in [1.165, 1.54) is 5.56 Å². The minimum absolute atomic E-state index is 0. The van der Waals surface area contributed by atoms with Gasteiger partial charge in [0.25, 0.3) is 0 Å². The first kappa shape index (κ1) is 17.5. The number of benzene rings is 1. The molecule has 1 fully saturated rings. The molecule has 3 N–H and O–H groups in total. The molecule has 20 heavy (non-hydrogen) atoms. The monoisotopic (exact) mass is 449 g/mol. The summed E-state index contributed by atoms with van der Waals surface area (Å²) in [6.45, 7) is 6.35. The van der Waals surface area contributed by atoms with Gasteiger partial charge in [0, 0.05) is 10.5 Å². The van der Waals surface area contributed by atoms with E-state index in [4.69, 9.17) is 5.73 Å². The summed E-state index contributed by atoms with van der Waals surface area (Å²) in [4.78, 5) is 4.23. The third-order valence-corrected chi connectivity index (χ3v) is 3.88. The molecule has 0 saturated heterocycles. The van der Waals surface area contributed by atoms with Gasteiger partial charge in [-0.1, -0.05) is 40.2 Å². The lowest BCUT2D eigenvalue weighted by Gasteiger charge is -2.36. The fourth-order valence-corrected chi connectivity index (χ4v) is 2.48. The fourth-order valence-electron chi connectivity index (χ4n) is 2.22. The molecule has 5 heteroatoms. The first-order valence-corrected chi connectivity index (χ1v) is 7.30. The van der Waals surface area contributed by atoms with Crippen LogP contribution >= 0.6 is 39.9 Å². The van der Waals surface area contributed by atoms with E-state index in [-0.39, 0.29) is 24.0 Å². The summed E-state index contributed by atoms with van der Waals surface area (Å²) in [5.74, 6) is 1.17. The highest BCUT2D eigenvalue weighted by molar-refractivity contribution is 14.0. The van der Waals surface area contributed by atoms with Crippen LogP contribution < -0.4 is 11.1 Å². The minimum atomic E-state index is 0. The molecule has 1 saturated carbocycles. The van der Waals surface area contributed by atoms with Crippen LogP contribution in [0.4, 0.5) is 0 Å². The predicted molar refractivity (Wildman–Crippen MR) is 99.8 cm³/mol. The maximum Gasteiger partial charge on any atom is 0.189 e. The lowest BCUT2D eigenvalue weighted by Crippen LogP contribution is -2.46. The van der Waals surface area contributed by atoms with Gasteiger partial charge in [-0.05, 0) is 43.4 Å². The largest absolute Gasteiger partial charge is 0.370 e. The molecule has 0 atom stereocenters. The summed E-state index contributed by atoms with van der Waals surface area (Å²) in [7, 11) is 0. The van der Waals surface area contributed by atoms with Gasteiger partial charge in [-0.2, -0.15) is 0 Å². The van der Waals surface area contributed by atoms with Crippen LogP contribution in [0.25, 0.3) is 0 Å². The van der Waals surface area contributed by atoms with Crippen LogP contribution in [-0.2, 0) is 0 Å². The first-order valence-electron chi connectivity index (χ1n) is 6.51. The Kier molecular flexibility index (Phi) is 7.02. The van der Waals surface area contributed by atoms with E-state index in [9.17, 15) is 0 Å². The first-order chi connectivity index (χ1) is 9.04. The Balaban J connectivity index is 0.00000200. The van der Waals surface area contributed by atoms with Crippen molar-refractivity contribution >= 4 is 45.9 Å². The molecule has 2 rings (SSSR count). The van der Waals surface area contributed by atoms with Crippen LogP contribution in [0.3, 0.4) is 0 Å². The smallest absolute Gasteiger partial charge is 0.189 e. The Morgan fingerprint density at radius 2 is 2.00 bits per heavy atom. The molecular formula is C15H21BrIN3. The molecule has 0 amide bonds. The second-order valence-corrected chi connectivity index (χ2v) is 6.14. The third kappa shape index (κ3) is 5.09. The number of hydrogen-bond donors (Lipinski definition) is 2. The number of halogens is 2. The lowest BCUT2D eigenvalue weighted by atomic mass is 9.76. The quantitative estimate of drug-likeness (QED) is 0.318. The van der Waals surface area contributed by atoms with E-state index in [1.54, 1.807) is 0 Å². The van der Waals surface area contributed by atoms with E-state index >= 15 is 0 Å². The number of hydrogen-bond acceptors (Lipinski definition) is 1. The summed E-state index contributed by atoms with van der Waals surface area (Å²) >= 11 is 3.46. The minimum Gasteiger partial charge on any atom is -0.370 e. The average molecular weight is 450 g/mol. The van der Waals surface area contributed by atoms with Gasteiger partial charge < -0.3 is 11.1 Å². The number of aliphatic imine (C=N–C) groups is 1. The Labute approximate surface area is 146 Å². The standard InChI is InChI=1S/C15H20BrN3.HI/c1-10(2)9-18-15(17)19-14-7-12(8-14)11-3-5-13(16)6-4-11;/h3-6,12,14H,1,7-9H2,2H3,(H3,17,18,19);1H. The van der Waals surface area contributed by atoms with Crippen molar-refractivity contribution in [2.45, 2.75) is 31.7 Å². The highest BCUT2D eigenvalue weighted by atomic mass is 127. The van der Waals surface area contributed by atoms with Crippen molar-refractivity contribution in [1.82, 2.24) is 5.32 Å². The second kappa shape index (κ2) is 8.02. The second-order valence-electron chi connectivity index (χ2n) is 5.22. The van der Waals surface area contributed by atoms with Crippen LogP contribution in [0.15, 0.2) is 45.9 Å². The molecule has 1 aliphatic carbocycles. The van der Waals surface area contributed by atoms with Gasteiger partial charge in [0.15, 0.2) is 5.96 Å². The molecule has 1 aromatic carbocycles. The van der Waals surface area contributed by atoms with Crippen LogP contribution in [-0.4, -0.2) is 18.5 Å².